The molecule has 1 heterocycles. The van der Waals surface area contributed by atoms with Gasteiger partial charge in [0, 0.05) is 8.07 Å². The van der Waals surface area contributed by atoms with Gasteiger partial charge in [0.15, 0.2) is 0 Å². The van der Waals surface area contributed by atoms with Gasteiger partial charge in [0.25, 0.3) is 0 Å². The molecule has 0 radical (unpaired) electrons. The third kappa shape index (κ3) is 4.61. The number of aromatic nitrogens is 2. The fourth-order valence-corrected chi connectivity index (χ4v) is 2.22. The van der Waals surface area contributed by atoms with Crippen LogP contribution < -0.4 is 4.74 Å². The van der Waals surface area contributed by atoms with E-state index in [9.17, 15) is 5.11 Å². The van der Waals surface area contributed by atoms with Crippen LogP contribution in [0.2, 0.25) is 30.8 Å². The van der Waals surface area contributed by atoms with Crippen molar-refractivity contribution in [1.29, 1.82) is 0 Å². The van der Waals surface area contributed by atoms with E-state index in [1.807, 2.05) is 0 Å². The van der Waals surface area contributed by atoms with Crippen LogP contribution in [0, 0.1) is 6.92 Å². The summed E-state index contributed by atoms with van der Waals surface area (Å²) in [5, 5.41) is 9.48. The molecule has 0 atom stereocenters. The molecule has 96 valence electrons. The molecule has 0 aromatic carbocycles. The summed E-state index contributed by atoms with van der Waals surface area (Å²) in [6, 6.07) is 1.04. The van der Waals surface area contributed by atoms with Crippen LogP contribution in [0.15, 0.2) is 0 Å². The molecule has 1 aromatic rings. The maximum Gasteiger partial charge on any atom is 0.223 e. The van der Waals surface area contributed by atoms with Crippen LogP contribution in [0.25, 0.3) is 0 Å². The molecular weight excluding hydrogens is 256 g/mol. The highest BCUT2D eigenvalue weighted by Gasteiger charge is 2.15. The van der Waals surface area contributed by atoms with Crippen LogP contribution >= 0.6 is 11.6 Å². The molecule has 0 bridgehead atoms. The van der Waals surface area contributed by atoms with Gasteiger partial charge < -0.3 is 9.84 Å². The van der Waals surface area contributed by atoms with Crippen molar-refractivity contribution < 1.29 is 9.84 Å². The van der Waals surface area contributed by atoms with Gasteiger partial charge >= 0.3 is 0 Å². The van der Waals surface area contributed by atoms with Gasteiger partial charge in [-0.25, -0.2) is 4.98 Å². The smallest absolute Gasteiger partial charge is 0.223 e. The van der Waals surface area contributed by atoms with Crippen LogP contribution in [0.4, 0.5) is 0 Å². The van der Waals surface area contributed by atoms with E-state index in [1.165, 1.54) is 0 Å². The molecule has 0 aliphatic rings. The second-order valence-corrected chi connectivity index (χ2v) is 11.1. The molecule has 1 N–H and O–H groups in total. The lowest BCUT2D eigenvalue weighted by molar-refractivity contribution is 0.261. The predicted molar refractivity (Wildman–Crippen MR) is 71.3 cm³/mol. The van der Waals surface area contributed by atoms with Crippen molar-refractivity contribution in [2.75, 3.05) is 6.61 Å². The van der Waals surface area contributed by atoms with E-state index in [2.05, 4.69) is 29.6 Å². The van der Waals surface area contributed by atoms with Gasteiger partial charge in [-0.15, -0.1) is 0 Å². The number of hydrogen-bond donors (Lipinski definition) is 1. The molecule has 4 nitrogen and oxygen atoms in total. The van der Waals surface area contributed by atoms with Gasteiger partial charge in [-0.1, -0.05) is 31.2 Å². The second-order valence-electron chi connectivity index (χ2n) is 5.16. The van der Waals surface area contributed by atoms with Gasteiger partial charge in [0.05, 0.1) is 18.8 Å². The summed E-state index contributed by atoms with van der Waals surface area (Å²) in [6.07, 6.45) is 0. The number of nitrogens with zero attached hydrogens (tertiary/aromatic N) is 2. The largest absolute Gasteiger partial charge is 0.478 e. The zero-order chi connectivity index (χ0) is 13.1. The molecule has 0 amide bonds. The molecule has 1 rings (SSSR count). The summed E-state index contributed by atoms with van der Waals surface area (Å²) in [4.78, 5) is 8.15. The van der Waals surface area contributed by atoms with Crippen LogP contribution in [-0.2, 0) is 6.61 Å². The van der Waals surface area contributed by atoms with E-state index >= 15 is 0 Å². The third-order valence-electron chi connectivity index (χ3n) is 2.28. The van der Waals surface area contributed by atoms with Gasteiger partial charge in [-0.3, -0.25) is 0 Å². The zero-order valence-electron chi connectivity index (χ0n) is 10.7. The number of hydrogen-bond acceptors (Lipinski definition) is 4. The minimum atomic E-state index is -1.13. The molecule has 1 aromatic heterocycles. The Labute approximate surface area is 108 Å². The molecule has 0 aliphatic heterocycles. The highest BCUT2D eigenvalue weighted by atomic mass is 35.5. The van der Waals surface area contributed by atoms with Crippen LogP contribution in [0.5, 0.6) is 5.88 Å². The standard InChI is InChI=1S/C11H19ClN2O2Si/c1-8-13-10(12)9(7-15)11(14-8)16-5-6-17(2,3)4/h15H,5-7H2,1-4H3. The highest BCUT2D eigenvalue weighted by Crippen LogP contribution is 2.23. The number of ether oxygens (including phenoxy) is 1. The molecule has 0 spiro atoms. The lowest BCUT2D eigenvalue weighted by atomic mass is 10.3. The van der Waals surface area contributed by atoms with Crippen molar-refractivity contribution in [2.45, 2.75) is 39.2 Å². The maximum absolute atomic E-state index is 9.21. The lowest BCUT2D eigenvalue weighted by Crippen LogP contribution is -2.23. The lowest BCUT2D eigenvalue weighted by Gasteiger charge is -2.16. The van der Waals surface area contributed by atoms with E-state index in [0.717, 1.165) is 6.04 Å². The normalized spacial score (nSPS) is 11.6. The fraction of sp³-hybridized carbons (Fsp3) is 0.636. The Hall–Kier alpha value is -0.653. The summed E-state index contributed by atoms with van der Waals surface area (Å²) in [6.45, 7) is 8.99. The average molecular weight is 275 g/mol. The molecular formula is C11H19ClN2O2Si. The first-order valence-corrected chi connectivity index (χ1v) is 9.68. The van der Waals surface area contributed by atoms with Crippen LogP contribution in [0.3, 0.4) is 0 Å². The van der Waals surface area contributed by atoms with Crippen molar-refractivity contribution in [3.8, 4) is 5.88 Å². The number of aryl methyl sites for hydroxylation is 1. The first-order valence-electron chi connectivity index (χ1n) is 5.60. The Morgan fingerprint density at radius 2 is 1.94 bits per heavy atom. The van der Waals surface area contributed by atoms with Gasteiger partial charge in [-0.05, 0) is 13.0 Å². The number of rotatable bonds is 5. The molecule has 0 fully saturated rings. The number of halogens is 1. The van der Waals surface area contributed by atoms with Crippen LogP contribution in [-0.4, -0.2) is 29.8 Å². The minimum Gasteiger partial charge on any atom is -0.478 e. The predicted octanol–water partition coefficient (Wildman–Crippen LogP) is 2.65. The molecule has 0 unspecified atom stereocenters. The quantitative estimate of drug-likeness (QED) is 0.662. The summed E-state index contributed by atoms with van der Waals surface area (Å²) < 4.78 is 5.60. The van der Waals surface area contributed by atoms with Crippen molar-refractivity contribution in [1.82, 2.24) is 9.97 Å². The molecule has 0 saturated carbocycles. The summed E-state index contributed by atoms with van der Waals surface area (Å²) in [5.74, 6) is 0.957. The van der Waals surface area contributed by atoms with E-state index < -0.39 is 8.07 Å². The van der Waals surface area contributed by atoms with Gasteiger partial charge in [0.2, 0.25) is 5.88 Å². The number of aliphatic hydroxyl groups is 1. The molecule has 17 heavy (non-hydrogen) atoms. The maximum atomic E-state index is 9.21. The van der Waals surface area contributed by atoms with Gasteiger partial charge in [-0.2, -0.15) is 4.98 Å². The SMILES string of the molecule is Cc1nc(Cl)c(CO)c(OCC[Si](C)(C)C)n1. The third-order valence-corrected chi connectivity index (χ3v) is 4.30. The number of aliphatic hydroxyl groups excluding tert-OH is 1. The van der Waals surface area contributed by atoms with Crippen molar-refractivity contribution in [3.63, 3.8) is 0 Å². The molecule has 6 heteroatoms. The minimum absolute atomic E-state index is 0.207. The van der Waals surface area contributed by atoms with Crippen molar-refractivity contribution >= 4 is 19.7 Å². The summed E-state index contributed by atoms with van der Waals surface area (Å²) >= 11 is 5.92. The van der Waals surface area contributed by atoms with Crippen molar-refractivity contribution in [3.05, 3.63) is 16.5 Å². The van der Waals surface area contributed by atoms with E-state index in [1.54, 1.807) is 6.92 Å². The Morgan fingerprint density at radius 3 is 2.47 bits per heavy atom. The van der Waals surface area contributed by atoms with Gasteiger partial charge in [0.1, 0.15) is 11.0 Å². The first-order chi connectivity index (χ1) is 7.83. The molecule has 0 saturated heterocycles. The Kier molecular flexibility index (Phi) is 4.91. The van der Waals surface area contributed by atoms with E-state index in [-0.39, 0.29) is 11.8 Å². The van der Waals surface area contributed by atoms with Crippen molar-refractivity contribution in [2.24, 2.45) is 0 Å². The Bertz CT molecular complexity index is 394. The van der Waals surface area contributed by atoms with E-state index in [0.29, 0.717) is 23.9 Å². The topological polar surface area (TPSA) is 55.2 Å². The monoisotopic (exact) mass is 274 g/mol. The fourth-order valence-electron chi connectivity index (χ4n) is 1.24. The van der Waals surface area contributed by atoms with Crippen LogP contribution in [0.1, 0.15) is 11.4 Å². The highest BCUT2D eigenvalue weighted by molar-refractivity contribution is 6.76. The zero-order valence-corrected chi connectivity index (χ0v) is 12.5. The average Bonchev–Trinajstić information content (AvgIpc) is 2.14. The molecule has 0 aliphatic carbocycles. The summed E-state index contributed by atoms with van der Waals surface area (Å²) in [5.41, 5.74) is 0.466. The Balaban J connectivity index is 2.76. The Morgan fingerprint density at radius 1 is 1.29 bits per heavy atom. The van der Waals surface area contributed by atoms with E-state index in [4.69, 9.17) is 16.3 Å². The first kappa shape index (κ1) is 14.4. The second kappa shape index (κ2) is 5.80. The summed E-state index contributed by atoms with van der Waals surface area (Å²) in [7, 11) is -1.13.